The second-order valence-corrected chi connectivity index (χ2v) is 8.42. The van der Waals surface area contributed by atoms with Gasteiger partial charge >= 0.3 is 6.18 Å². The first-order valence-corrected chi connectivity index (χ1v) is 10.1. The van der Waals surface area contributed by atoms with Crippen LogP contribution in [0.1, 0.15) is 62.2 Å². The smallest absolute Gasteiger partial charge is 0.345 e. The van der Waals surface area contributed by atoms with E-state index >= 15 is 0 Å². The van der Waals surface area contributed by atoms with Crippen molar-refractivity contribution in [1.82, 2.24) is 24.4 Å². The summed E-state index contributed by atoms with van der Waals surface area (Å²) in [5, 5.41) is 4.21. The molecule has 0 spiro atoms. The zero-order valence-electron chi connectivity index (χ0n) is 17.1. The van der Waals surface area contributed by atoms with Gasteiger partial charge in [-0.1, -0.05) is 13.8 Å². The van der Waals surface area contributed by atoms with E-state index in [-0.39, 0.29) is 29.8 Å². The Balaban J connectivity index is 1.70. The number of fused-ring (bicyclic) bond motifs is 1. The second-order valence-electron chi connectivity index (χ2n) is 8.42. The Morgan fingerprint density at radius 2 is 2.00 bits per heavy atom. The van der Waals surface area contributed by atoms with E-state index in [9.17, 15) is 22.8 Å². The maximum Gasteiger partial charge on any atom is 0.433 e. The summed E-state index contributed by atoms with van der Waals surface area (Å²) >= 11 is 0. The molecule has 7 nitrogen and oxygen atoms in total. The van der Waals surface area contributed by atoms with Gasteiger partial charge < -0.3 is 9.80 Å². The van der Waals surface area contributed by atoms with Crippen molar-refractivity contribution in [3.63, 3.8) is 0 Å². The molecule has 4 rings (SSSR count). The molecule has 4 heterocycles. The molecule has 0 N–H and O–H groups in total. The van der Waals surface area contributed by atoms with E-state index in [1.807, 2.05) is 0 Å². The van der Waals surface area contributed by atoms with Crippen molar-refractivity contribution in [2.75, 3.05) is 20.1 Å². The molecule has 0 radical (unpaired) electrons. The molecule has 2 aromatic rings. The van der Waals surface area contributed by atoms with Gasteiger partial charge in [-0.3, -0.25) is 9.59 Å². The van der Waals surface area contributed by atoms with E-state index in [4.69, 9.17) is 0 Å². The largest absolute Gasteiger partial charge is 0.433 e. The Morgan fingerprint density at radius 3 is 2.60 bits per heavy atom. The first-order chi connectivity index (χ1) is 14.1. The van der Waals surface area contributed by atoms with Crippen molar-refractivity contribution < 1.29 is 22.8 Å². The number of nitrogens with zero attached hydrogens (tertiary/aromatic N) is 5. The molecule has 0 aromatic carbocycles. The lowest BCUT2D eigenvalue weighted by Gasteiger charge is -2.26. The highest BCUT2D eigenvalue weighted by atomic mass is 19.4. The van der Waals surface area contributed by atoms with Crippen LogP contribution >= 0.6 is 0 Å². The zero-order chi connectivity index (χ0) is 21.8. The van der Waals surface area contributed by atoms with E-state index in [2.05, 4.69) is 10.1 Å². The average Bonchev–Trinajstić information content (AvgIpc) is 3.37. The number of amides is 2. The fourth-order valence-corrected chi connectivity index (χ4v) is 4.27. The zero-order valence-corrected chi connectivity index (χ0v) is 17.1. The van der Waals surface area contributed by atoms with E-state index < -0.39 is 23.8 Å². The molecule has 2 amide bonds. The number of carbonyl (C=O) groups excluding carboxylic acids is 2. The molecule has 2 atom stereocenters. The van der Waals surface area contributed by atoms with Crippen molar-refractivity contribution in [2.45, 2.75) is 51.2 Å². The minimum Gasteiger partial charge on any atom is -0.345 e. The molecule has 2 saturated heterocycles. The maximum atomic E-state index is 13.6. The number of likely N-dealkylation sites (tertiary alicyclic amines) is 2. The number of halogens is 3. The third-order valence-electron chi connectivity index (χ3n) is 5.92. The van der Waals surface area contributed by atoms with Crippen LogP contribution in [0.4, 0.5) is 13.2 Å². The second kappa shape index (κ2) is 7.24. The van der Waals surface area contributed by atoms with Crippen molar-refractivity contribution in [1.29, 1.82) is 0 Å². The summed E-state index contributed by atoms with van der Waals surface area (Å²) in [6.07, 6.45) is -3.06. The number of carbonyl (C=O) groups is 2. The number of aromatic nitrogens is 3. The molecule has 2 aliphatic heterocycles. The summed E-state index contributed by atoms with van der Waals surface area (Å²) in [6.45, 7) is 4.44. The third-order valence-corrected chi connectivity index (χ3v) is 5.92. The number of hydrogen-bond acceptors (Lipinski definition) is 4. The highest BCUT2D eigenvalue weighted by molar-refractivity contribution is 5.89. The minimum absolute atomic E-state index is 0.0722. The van der Waals surface area contributed by atoms with Gasteiger partial charge in [0.1, 0.15) is 5.69 Å². The van der Waals surface area contributed by atoms with Crippen LogP contribution < -0.4 is 0 Å². The van der Waals surface area contributed by atoms with Crippen molar-refractivity contribution >= 4 is 17.5 Å². The van der Waals surface area contributed by atoms with Gasteiger partial charge in [-0.15, -0.1) is 0 Å². The summed E-state index contributed by atoms with van der Waals surface area (Å²) < 4.78 is 41.8. The Morgan fingerprint density at radius 1 is 1.27 bits per heavy atom. The predicted octanol–water partition coefficient (Wildman–Crippen LogP) is 3.01. The Bertz CT molecular complexity index is 1000. The lowest BCUT2D eigenvalue weighted by molar-refractivity contribution is -0.143. The lowest BCUT2D eigenvalue weighted by atomic mass is 10.1. The van der Waals surface area contributed by atoms with Gasteiger partial charge in [-0.2, -0.15) is 18.3 Å². The summed E-state index contributed by atoms with van der Waals surface area (Å²) in [5.74, 6) is -0.802. The highest BCUT2D eigenvalue weighted by Gasteiger charge is 2.41. The first-order valence-electron chi connectivity index (χ1n) is 10.1. The molecule has 2 aromatic heterocycles. The van der Waals surface area contributed by atoms with Crippen molar-refractivity contribution in [3.8, 4) is 0 Å². The Hall–Kier alpha value is -2.65. The summed E-state index contributed by atoms with van der Waals surface area (Å²) in [6, 6.07) is 2.17. The minimum atomic E-state index is -4.58. The van der Waals surface area contributed by atoms with Crippen LogP contribution in [0.5, 0.6) is 0 Å². The topological polar surface area (TPSA) is 70.8 Å². The fraction of sp³-hybridized carbons (Fsp3) is 0.600. The van der Waals surface area contributed by atoms with E-state index in [1.165, 1.54) is 4.90 Å². The molecular formula is C20H24F3N5O2. The lowest BCUT2D eigenvalue weighted by Crippen LogP contribution is -2.36. The van der Waals surface area contributed by atoms with Crippen LogP contribution in [0, 0.1) is 5.92 Å². The van der Waals surface area contributed by atoms with Gasteiger partial charge in [-0.05, 0) is 24.8 Å². The normalized spacial score (nSPS) is 22.7. The van der Waals surface area contributed by atoms with E-state index in [0.29, 0.717) is 30.9 Å². The SMILES string of the molecule is CC(C)c1cc(C(F)(F)F)n2nc(C3CCCN3C(=O)C3CC(=O)N(C)C3)cc2n1. The standard InChI is InChI=1S/C20H24F3N5O2/c1-11(2)13-8-16(20(21,22)23)28-17(24-13)9-14(25-28)15-5-4-6-27(15)19(30)12-7-18(29)26(3)10-12/h8-9,11-12,15H,4-7,10H2,1-3H3. The van der Waals surface area contributed by atoms with E-state index in [1.54, 1.807) is 31.9 Å². The van der Waals surface area contributed by atoms with Crippen molar-refractivity contribution in [2.24, 2.45) is 5.92 Å². The van der Waals surface area contributed by atoms with Crippen LogP contribution in [0.15, 0.2) is 12.1 Å². The molecule has 0 saturated carbocycles. The molecule has 0 bridgehead atoms. The van der Waals surface area contributed by atoms with Gasteiger partial charge in [0.25, 0.3) is 0 Å². The number of alkyl halides is 3. The molecule has 10 heteroatoms. The maximum absolute atomic E-state index is 13.6. The van der Waals surface area contributed by atoms with Crippen LogP contribution in [0.25, 0.3) is 5.65 Å². The molecule has 2 aliphatic rings. The van der Waals surface area contributed by atoms with Gasteiger partial charge in [0, 0.05) is 38.3 Å². The quantitative estimate of drug-likeness (QED) is 0.761. The average molecular weight is 423 g/mol. The predicted molar refractivity (Wildman–Crippen MR) is 102 cm³/mol. The molecule has 162 valence electrons. The van der Waals surface area contributed by atoms with Gasteiger partial charge in [-0.25, -0.2) is 9.50 Å². The summed E-state index contributed by atoms with van der Waals surface area (Å²) in [5.41, 5.74) is -0.00879. The number of rotatable bonds is 3. The Kier molecular flexibility index (Phi) is 4.98. The highest BCUT2D eigenvalue weighted by Crippen LogP contribution is 2.36. The van der Waals surface area contributed by atoms with E-state index in [0.717, 1.165) is 17.0 Å². The molecule has 30 heavy (non-hydrogen) atoms. The van der Waals surface area contributed by atoms with Crippen molar-refractivity contribution in [3.05, 3.63) is 29.2 Å². The molecular weight excluding hydrogens is 399 g/mol. The van der Waals surface area contributed by atoms with Crippen LogP contribution in [-0.4, -0.2) is 56.3 Å². The van der Waals surface area contributed by atoms with Gasteiger partial charge in [0.15, 0.2) is 5.65 Å². The van der Waals surface area contributed by atoms with Crippen LogP contribution in [0.2, 0.25) is 0 Å². The molecule has 2 unspecified atom stereocenters. The first kappa shape index (κ1) is 20.6. The van der Waals surface area contributed by atoms with Crippen LogP contribution in [-0.2, 0) is 15.8 Å². The third kappa shape index (κ3) is 3.52. The monoisotopic (exact) mass is 423 g/mol. The summed E-state index contributed by atoms with van der Waals surface area (Å²) in [7, 11) is 1.66. The Labute approximate surface area is 171 Å². The summed E-state index contributed by atoms with van der Waals surface area (Å²) in [4.78, 5) is 32.4. The van der Waals surface area contributed by atoms with Gasteiger partial charge in [0.05, 0.1) is 17.7 Å². The fourth-order valence-electron chi connectivity index (χ4n) is 4.27. The van der Waals surface area contributed by atoms with Gasteiger partial charge in [0.2, 0.25) is 11.8 Å². The molecule has 0 aliphatic carbocycles. The molecule has 2 fully saturated rings. The van der Waals surface area contributed by atoms with Crippen LogP contribution in [0.3, 0.4) is 0 Å². The number of hydrogen-bond donors (Lipinski definition) is 0.